The summed E-state index contributed by atoms with van der Waals surface area (Å²) in [5.41, 5.74) is 1.04. The normalized spacial score (nSPS) is 24.6. The van der Waals surface area contributed by atoms with Crippen molar-refractivity contribution < 1.29 is 19.7 Å². The van der Waals surface area contributed by atoms with Crippen molar-refractivity contribution in [3.8, 4) is 5.75 Å². The Labute approximate surface area is 112 Å². The molecule has 0 aromatic heterocycles. The molecule has 2 N–H and O–H groups in total. The van der Waals surface area contributed by atoms with E-state index in [0.717, 1.165) is 5.56 Å². The molecule has 0 spiro atoms. The van der Waals surface area contributed by atoms with Gasteiger partial charge in [0.15, 0.2) is 0 Å². The Morgan fingerprint density at radius 1 is 1.37 bits per heavy atom. The van der Waals surface area contributed by atoms with E-state index in [9.17, 15) is 15.0 Å². The van der Waals surface area contributed by atoms with Gasteiger partial charge in [0.25, 0.3) is 0 Å². The summed E-state index contributed by atoms with van der Waals surface area (Å²) in [6.07, 6.45) is 0. The number of carbonyl (C=O) groups is 1. The molecule has 1 aliphatic rings. The van der Waals surface area contributed by atoms with Crippen LogP contribution in [0.5, 0.6) is 5.75 Å². The van der Waals surface area contributed by atoms with Crippen LogP contribution < -0.4 is 0 Å². The molecule has 1 heterocycles. The van der Waals surface area contributed by atoms with Crippen molar-refractivity contribution >= 4 is 5.97 Å². The number of hydrogen-bond acceptors (Lipinski definition) is 4. The molecule has 1 aromatic carbocycles. The van der Waals surface area contributed by atoms with Gasteiger partial charge in [0.1, 0.15) is 5.75 Å². The van der Waals surface area contributed by atoms with Crippen molar-refractivity contribution in [3.05, 3.63) is 29.8 Å². The quantitative estimate of drug-likeness (QED) is 0.863. The van der Waals surface area contributed by atoms with Crippen molar-refractivity contribution in [2.45, 2.75) is 19.0 Å². The molecule has 2 rings (SSSR count). The maximum absolute atomic E-state index is 11.2. The molecule has 0 saturated carbocycles. The first kappa shape index (κ1) is 13.8. The molecule has 1 aromatic rings. The lowest BCUT2D eigenvalue weighted by Gasteiger charge is -2.32. The largest absolute Gasteiger partial charge is 0.508 e. The van der Waals surface area contributed by atoms with Crippen LogP contribution in [0.4, 0.5) is 0 Å². The average Bonchev–Trinajstić information content (AvgIpc) is 2.87. The molecule has 0 aliphatic carbocycles. The van der Waals surface area contributed by atoms with Gasteiger partial charge in [0.05, 0.1) is 19.1 Å². The van der Waals surface area contributed by atoms with Gasteiger partial charge >= 0.3 is 5.97 Å². The first-order valence-electron chi connectivity index (χ1n) is 6.32. The molecule has 0 radical (unpaired) electrons. The molecular formula is C14H19NO4. The highest BCUT2D eigenvalue weighted by molar-refractivity contribution is 5.71. The minimum absolute atomic E-state index is 0.0640. The van der Waals surface area contributed by atoms with Gasteiger partial charge in [-0.1, -0.05) is 12.1 Å². The van der Waals surface area contributed by atoms with E-state index in [4.69, 9.17) is 4.74 Å². The highest BCUT2D eigenvalue weighted by atomic mass is 16.5. The number of carboxylic acids is 1. The van der Waals surface area contributed by atoms with Crippen molar-refractivity contribution in [3.63, 3.8) is 0 Å². The summed E-state index contributed by atoms with van der Waals surface area (Å²) in [6, 6.07) is 6.92. The van der Waals surface area contributed by atoms with Gasteiger partial charge in [-0.2, -0.15) is 0 Å². The Morgan fingerprint density at radius 2 is 2.00 bits per heavy atom. The molecule has 5 heteroatoms. The van der Waals surface area contributed by atoms with Gasteiger partial charge < -0.3 is 14.9 Å². The Morgan fingerprint density at radius 3 is 2.58 bits per heavy atom. The van der Waals surface area contributed by atoms with E-state index in [2.05, 4.69) is 0 Å². The van der Waals surface area contributed by atoms with Crippen molar-refractivity contribution in [1.82, 2.24) is 4.90 Å². The monoisotopic (exact) mass is 265 g/mol. The molecule has 19 heavy (non-hydrogen) atoms. The Hall–Kier alpha value is -1.59. The van der Waals surface area contributed by atoms with Gasteiger partial charge in [-0.25, -0.2) is 0 Å². The lowest BCUT2D eigenvalue weighted by Crippen LogP contribution is -2.42. The zero-order chi connectivity index (χ0) is 14.0. The van der Waals surface area contributed by atoms with E-state index in [1.807, 2.05) is 31.0 Å². The van der Waals surface area contributed by atoms with Crippen LogP contribution in [0.15, 0.2) is 24.3 Å². The van der Waals surface area contributed by atoms with E-state index < -0.39 is 11.9 Å². The van der Waals surface area contributed by atoms with Gasteiger partial charge in [0, 0.05) is 12.1 Å². The summed E-state index contributed by atoms with van der Waals surface area (Å²) in [6.45, 7) is 2.73. The summed E-state index contributed by atoms with van der Waals surface area (Å²) in [4.78, 5) is 13.2. The predicted octanol–water partition coefficient (Wildman–Crippen LogP) is 1.48. The predicted molar refractivity (Wildman–Crippen MR) is 70.0 cm³/mol. The van der Waals surface area contributed by atoms with Crippen LogP contribution in [0.3, 0.4) is 0 Å². The van der Waals surface area contributed by atoms with E-state index in [0.29, 0.717) is 6.61 Å². The molecule has 104 valence electrons. The minimum atomic E-state index is -0.813. The fourth-order valence-electron chi connectivity index (χ4n) is 2.46. The lowest BCUT2D eigenvalue weighted by molar-refractivity contribution is -0.143. The molecular weight excluding hydrogens is 246 g/mol. The van der Waals surface area contributed by atoms with Crippen LogP contribution in [0.25, 0.3) is 0 Å². The third-order valence-electron chi connectivity index (χ3n) is 3.88. The Kier molecular flexibility index (Phi) is 4.07. The molecule has 1 saturated heterocycles. The summed E-state index contributed by atoms with van der Waals surface area (Å²) >= 11 is 0. The molecule has 5 nitrogen and oxygen atoms in total. The van der Waals surface area contributed by atoms with Crippen LogP contribution in [-0.2, 0) is 9.53 Å². The summed E-state index contributed by atoms with van der Waals surface area (Å²) < 4.78 is 5.29. The van der Waals surface area contributed by atoms with Crippen molar-refractivity contribution in [2.24, 2.45) is 5.92 Å². The Bertz CT molecular complexity index is 445. The highest BCUT2D eigenvalue weighted by Crippen LogP contribution is 2.28. The van der Waals surface area contributed by atoms with Gasteiger partial charge in [0.2, 0.25) is 0 Å². The number of benzene rings is 1. The number of carboxylic acid groups (broad SMARTS) is 1. The van der Waals surface area contributed by atoms with Gasteiger partial charge in [-0.15, -0.1) is 0 Å². The SMILES string of the molecule is CC(c1ccc(O)cc1)N(C)C1COCC1C(=O)O. The van der Waals surface area contributed by atoms with Gasteiger partial charge in [-0.3, -0.25) is 9.69 Å². The number of phenols is 1. The standard InChI is InChI=1S/C14H19NO4/c1-9(10-3-5-11(16)6-4-10)15(2)13-8-19-7-12(13)14(17)18/h3-6,9,12-13,16H,7-8H2,1-2H3,(H,17,18). The number of aliphatic carboxylic acids is 1. The maximum atomic E-state index is 11.2. The smallest absolute Gasteiger partial charge is 0.310 e. The highest BCUT2D eigenvalue weighted by Gasteiger charge is 2.38. The zero-order valence-corrected chi connectivity index (χ0v) is 11.1. The van der Waals surface area contributed by atoms with Crippen LogP contribution in [0.1, 0.15) is 18.5 Å². The minimum Gasteiger partial charge on any atom is -0.508 e. The second-order valence-electron chi connectivity index (χ2n) is 4.98. The molecule has 0 amide bonds. The van der Waals surface area contributed by atoms with Crippen LogP contribution in [0, 0.1) is 5.92 Å². The van der Waals surface area contributed by atoms with Crippen LogP contribution >= 0.6 is 0 Å². The summed E-state index contributed by atoms with van der Waals surface area (Å²) in [5.74, 6) is -1.07. The fourth-order valence-corrected chi connectivity index (χ4v) is 2.46. The molecule has 0 bridgehead atoms. The maximum Gasteiger partial charge on any atom is 0.310 e. The molecule has 3 atom stereocenters. The zero-order valence-electron chi connectivity index (χ0n) is 11.1. The molecule has 1 aliphatic heterocycles. The Balaban J connectivity index is 2.12. The van der Waals surface area contributed by atoms with E-state index in [-0.39, 0.29) is 24.4 Å². The number of phenolic OH excluding ortho intramolecular Hbond substituents is 1. The molecule has 1 fully saturated rings. The summed E-state index contributed by atoms with van der Waals surface area (Å²) in [5, 5.41) is 18.5. The molecule has 3 unspecified atom stereocenters. The number of ether oxygens (including phenoxy) is 1. The number of rotatable bonds is 4. The second kappa shape index (κ2) is 5.59. The van der Waals surface area contributed by atoms with E-state index in [1.54, 1.807) is 12.1 Å². The van der Waals surface area contributed by atoms with Crippen molar-refractivity contribution in [2.75, 3.05) is 20.3 Å². The lowest BCUT2D eigenvalue weighted by atomic mass is 9.99. The number of aromatic hydroxyl groups is 1. The van der Waals surface area contributed by atoms with Crippen LogP contribution in [-0.4, -0.2) is 47.4 Å². The third-order valence-corrected chi connectivity index (χ3v) is 3.88. The second-order valence-corrected chi connectivity index (χ2v) is 4.98. The van der Waals surface area contributed by atoms with Gasteiger partial charge in [-0.05, 0) is 31.7 Å². The number of likely N-dealkylation sites (N-methyl/N-ethyl adjacent to an activating group) is 1. The average molecular weight is 265 g/mol. The first-order chi connectivity index (χ1) is 9.00. The summed E-state index contributed by atoms with van der Waals surface area (Å²) in [7, 11) is 1.91. The third kappa shape index (κ3) is 2.88. The first-order valence-corrected chi connectivity index (χ1v) is 6.32. The number of nitrogens with zero attached hydrogens (tertiary/aromatic N) is 1. The number of hydrogen-bond donors (Lipinski definition) is 2. The van der Waals surface area contributed by atoms with Crippen molar-refractivity contribution in [1.29, 1.82) is 0 Å². The van der Waals surface area contributed by atoms with E-state index in [1.165, 1.54) is 0 Å². The van der Waals surface area contributed by atoms with Crippen LogP contribution in [0.2, 0.25) is 0 Å². The van der Waals surface area contributed by atoms with E-state index >= 15 is 0 Å². The fraction of sp³-hybridized carbons (Fsp3) is 0.500. The topological polar surface area (TPSA) is 70.0 Å².